The quantitative estimate of drug-likeness (QED) is 0.0655. The molecule has 2 atom stereocenters. The fourth-order valence-corrected chi connectivity index (χ4v) is 4.94. The Morgan fingerprint density at radius 2 is 1.17 bits per heavy atom. The SMILES string of the molecule is O=C(CNc1ccc([N+](=O)[O-])cc1[N+](=O)[O-])NCC(=O)N[C@@H](Cc1ccccc1)C(=O)N[C@H](Cc1ccccc1)C(=O)OCc1ccc([N+](=O)[O-])cc1. The maximum atomic E-state index is 13.7. The summed E-state index contributed by atoms with van der Waals surface area (Å²) >= 11 is 0. The fourth-order valence-electron chi connectivity index (χ4n) is 4.94. The van der Waals surface area contributed by atoms with Crippen molar-refractivity contribution in [3.05, 3.63) is 150 Å². The number of rotatable bonds is 18. The molecular weight excluding hydrogens is 694 g/mol. The van der Waals surface area contributed by atoms with E-state index in [0.29, 0.717) is 16.7 Å². The number of esters is 1. The average molecular weight is 728 g/mol. The molecule has 18 nitrogen and oxygen atoms in total. The number of hydrogen-bond acceptors (Lipinski definition) is 12. The first-order valence-corrected chi connectivity index (χ1v) is 15.9. The smallest absolute Gasteiger partial charge is 0.329 e. The van der Waals surface area contributed by atoms with Gasteiger partial charge in [-0.1, -0.05) is 60.7 Å². The maximum absolute atomic E-state index is 13.7. The van der Waals surface area contributed by atoms with Crippen LogP contribution in [0, 0.1) is 30.3 Å². The number of non-ortho nitro benzene ring substituents is 2. The third-order valence-corrected chi connectivity index (χ3v) is 7.62. The van der Waals surface area contributed by atoms with Gasteiger partial charge in [0.1, 0.15) is 24.4 Å². The minimum Gasteiger partial charge on any atom is -0.459 e. The lowest BCUT2D eigenvalue weighted by molar-refractivity contribution is -0.393. The molecule has 0 heterocycles. The lowest BCUT2D eigenvalue weighted by Crippen LogP contribution is -2.54. The molecule has 0 aliphatic carbocycles. The number of hydrogen-bond donors (Lipinski definition) is 4. The van der Waals surface area contributed by atoms with Crippen LogP contribution in [0.1, 0.15) is 16.7 Å². The van der Waals surface area contributed by atoms with E-state index in [1.807, 2.05) is 0 Å². The normalized spacial score (nSPS) is 11.6. The summed E-state index contributed by atoms with van der Waals surface area (Å²) in [5, 5.41) is 43.4. The maximum Gasteiger partial charge on any atom is 0.329 e. The van der Waals surface area contributed by atoms with Crippen LogP contribution in [0.5, 0.6) is 0 Å². The van der Waals surface area contributed by atoms with Gasteiger partial charge in [-0.15, -0.1) is 0 Å². The van der Waals surface area contributed by atoms with Gasteiger partial charge in [0.25, 0.3) is 17.1 Å². The first kappa shape index (κ1) is 38.6. The molecule has 4 rings (SSSR count). The van der Waals surface area contributed by atoms with E-state index in [2.05, 4.69) is 21.3 Å². The number of carbonyl (C=O) groups is 4. The number of carbonyl (C=O) groups excluding carboxylic acids is 4. The Hall–Kier alpha value is -7.24. The summed E-state index contributed by atoms with van der Waals surface area (Å²) in [6.45, 7) is -1.34. The first-order valence-electron chi connectivity index (χ1n) is 15.9. The fraction of sp³-hybridized carbons (Fsp3) is 0.200. The Morgan fingerprint density at radius 1 is 0.604 bits per heavy atom. The predicted molar refractivity (Wildman–Crippen MR) is 188 cm³/mol. The molecule has 18 heteroatoms. The van der Waals surface area contributed by atoms with Crippen molar-refractivity contribution in [2.75, 3.05) is 18.4 Å². The molecule has 0 aromatic heterocycles. The highest BCUT2D eigenvalue weighted by Gasteiger charge is 2.29. The monoisotopic (exact) mass is 727 g/mol. The van der Waals surface area contributed by atoms with Gasteiger partial charge in [-0.3, -0.25) is 44.7 Å². The van der Waals surface area contributed by atoms with Crippen molar-refractivity contribution in [3.63, 3.8) is 0 Å². The van der Waals surface area contributed by atoms with Crippen LogP contribution in [0.15, 0.2) is 103 Å². The van der Waals surface area contributed by atoms with Crippen LogP contribution in [0.3, 0.4) is 0 Å². The van der Waals surface area contributed by atoms with E-state index in [1.54, 1.807) is 60.7 Å². The van der Waals surface area contributed by atoms with Crippen LogP contribution in [-0.4, -0.2) is 63.6 Å². The van der Waals surface area contributed by atoms with Gasteiger partial charge in [-0.2, -0.15) is 0 Å². The van der Waals surface area contributed by atoms with Gasteiger partial charge in [0.15, 0.2) is 0 Å². The van der Waals surface area contributed by atoms with E-state index < -0.39 is 75.0 Å². The van der Waals surface area contributed by atoms with E-state index >= 15 is 0 Å². The Morgan fingerprint density at radius 3 is 1.74 bits per heavy atom. The molecule has 0 bridgehead atoms. The van der Waals surface area contributed by atoms with E-state index in [0.717, 1.165) is 18.2 Å². The number of nitro benzene ring substituents is 3. The summed E-state index contributed by atoms with van der Waals surface area (Å²) in [4.78, 5) is 83.7. The molecule has 0 aliphatic heterocycles. The highest BCUT2D eigenvalue weighted by Crippen LogP contribution is 2.28. The zero-order valence-corrected chi connectivity index (χ0v) is 27.8. The minimum atomic E-state index is -1.22. The van der Waals surface area contributed by atoms with Gasteiger partial charge in [0.05, 0.1) is 33.9 Å². The van der Waals surface area contributed by atoms with Crippen molar-refractivity contribution in [2.45, 2.75) is 31.5 Å². The number of ether oxygens (including phenoxy) is 1. The third kappa shape index (κ3) is 11.9. The van der Waals surface area contributed by atoms with Gasteiger partial charge in [0, 0.05) is 31.0 Å². The van der Waals surface area contributed by atoms with Gasteiger partial charge >= 0.3 is 5.97 Å². The molecule has 0 aliphatic rings. The number of nitrogens with zero attached hydrogens (tertiary/aromatic N) is 3. The average Bonchev–Trinajstić information content (AvgIpc) is 3.15. The number of anilines is 1. The third-order valence-electron chi connectivity index (χ3n) is 7.62. The summed E-state index contributed by atoms with van der Waals surface area (Å²) in [7, 11) is 0. The lowest BCUT2D eigenvalue weighted by Gasteiger charge is -2.23. The van der Waals surface area contributed by atoms with Crippen LogP contribution in [-0.2, 0) is 43.4 Å². The summed E-state index contributed by atoms with van der Waals surface area (Å²) in [5.41, 5.74) is 0.423. The van der Waals surface area contributed by atoms with E-state index in [4.69, 9.17) is 4.74 Å². The van der Waals surface area contributed by atoms with Crippen molar-refractivity contribution in [2.24, 2.45) is 0 Å². The molecule has 0 unspecified atom stereocenters. The summed E-state index contributed by atoms with van der Waals surface area (Å²) < 4.78 is 5.47. The van der Waals surface area contributed by atoms with E-state index in [1.165, 1.54) is 24.3 Å². The predicted octanol–water partition coefficient (Wildman–Crippen LogP) is 3.14. The Kier molecular flexibility index (Phi) is 13.6. The second-order valence-corrected chi connectivity index (χ2v) is 11.4. The molecule has 274 valence electrons. The van der Waals surface area contributed by atoms with Crippen molar-refractivity contribution >= 4 is 46.4 Å². The molecule has 0 radical (unpaired) electrons. The zero-order chi connectivity index (χ0) is 38.3. The lowest BCUT2D eigenvalue weighted by atomic mass is 10.0. The van der Waals surface area contributed by atoms with Gasteiger partial charge in [0.2, 0.25) is 17.7 Å². The van der Waals surface area contributed by atoms with Crippen molar-refractivity contribution in [1.82, 2.24) is 16.0 Å². The molecule has 0 saturated heterocycles. The molecule has 0 saturated carbocycles. The van der Waals surface area contributed by atoms with Gasteiger partial charge in [-0.05, 0) is 34.9 Å². The van der Waals surface area contributed by atoms with Gasteiger partial charge < -0.3 is 26.0 Å². The second-order valence-electron chi connectivity index (χ2n) is 11.4. The standard InChI is InChI=1S/C35H33N7O11/c43-32(20-36-28-16-15-27(41(49)50)19-31(28)42(51)52)37-21-33(44)38-29(17-23-7-3-1-4-8-23)34(45)39-30(18-24-9-5-2-6-10-24)35(46)53-22-25-11-13-26(14-12-25)40(47)48/h1-16,19,29-30,36H,17-18,20-22H2,(H,37,43)(H,38,44)(H,39,45)/t29-,30+/m0/s1. The van der Waals surface area contributed by atoms with Crippen molar-refractivity contribution in [3.8, 4) is 0 Å². The highest BCUT2D eigenvalue weighted by atomic mass is 16.6. The first-order chi connectivity index (χ1) is 25.4. The zero-order valence-electron chi connectivity index (χ0n) is 27.8. The van der Waals surface area contributed by atoms with Crippen LogP contribution in [0.25, 0.3) is 0 Å². The van der Waals surface area contributed by atoms with Crippen LogP contribution in [0.4, 0.5) is 22.7 Å². The number of nitrogens with one attached hydrogen (secondary N) is 4. The van der Waals surface area contributed by atoms with E-state index in [9.17, 15) is 49.5 Å². The highest BCUT2D eigenvalue weighted by molar-refractivity contribution is 5.93. The second kappa shape index (κ2) is 18.7. The molecule has 3 amide bonds. The van der Waals surface area contributed by atoms with Crippen LogP contribution >= 0.6 is 0 Å². The van der Waals surface area contributed by atoms with Gasteiger partial charge in [-0.25, -0.2) is 4.79 Å². The molecule has 0 spiro atoms. The number of amides is 3. The van der Waals surface area contributed by atoms with Crippen LogP contribution in [0.2, 0.25) is 0 Å². The summed E-state index contributed by atoms with van der Waals surface area (Å²) in [6, 6.07) is 23.4. The van der Waals surface area contributed by atoms with E-state index in [-0.39, 0.29) is 30.8 Å². The molecule has 0 fully saturated rings. The summed E-state index contributed by atoms with van der Waals surface area (Å²) in [5.74, 6) is -3.04. The molecule has 4 N–H and O–H groups in total. The Bertz CT molecular complexity index is 1960. The minimum absolute atomic E-state index is 0.00757. The Labute approximate surface area is 301 Å². The largest absolute Gasteiger partial charge is 0.459 e. The molecule has 4 aromatic rings. The summed E-state index contributed by atoms with van der Waals surface area (Å²) in [6.07, 6.45) is 0.0429. The molecular formula is C35H33N7O11. The number of nitro groups is 3. The van der Waals surface area contributed by atoms with Crippen molar-refractivity contribution < 1.29 is 38.7 Å². The van der Waals surface area contributed by atoms with Crippen LogP contribution < -0.4 is 21.3 Å². The molecule has 4 aromatic carbocycles. The Balaban J connectivity index is 1.41. The van der Waals surface area contributed by atoms with Crippen molar-refractivity contribution in [1.29, 1.82) is 0 Å². The number of benzene rings is 4. The topological polar surface area (TPSA) is 255 Å². The molecule has 53 heavy (non-hydrogen) atoms.